The molecule has 0 atom stereocenters. The lowest BCUT2D eigenvalue weighted by atomic mass is 9.84. The quantitative estimate of drug-likeness (QED) is 0.179. The molecular formula is C44H31N. The molecule has 8 aromatic carbocycles. The molecule has 0 aliphatic carbocycles. The zero-order valence-corrected chi connectivity index (χ0v) is 24.8. The molecule has 0 fully saturated rings. The molecule has 0 saturated heterocycles. The third-order valence-electron chi connectivity index (χ3n) is 8.64. The van der Waals surface area contributed by atoms with Crippen LogP contribution < -0.4 is 4.90 Å². The molecule has 0 aliphatic rings. The van der Waals surface area contributed by atoms with Gasteiger partial charge in [-0.05, 0) is 62.7 Å². The fraction of sp³-hybridized carbons (Fsp3) is 0. The van der Waals surface area contributed by atoms with E-state index in [1.165, 1.54) is 54.9 Å². The Morgan fingerprint density at radius 3 is 1.42 bits per heavy atom. The van der Waals surface area contributed by atoms with E-state index in [0.29, 0.717) is 0 Å². The van der Waals surface area contributed by atoms with Gasteiger partial charge in [-0.15, -0.1) is 0 Å². The number of fused-ring (bicyclic) bond motifs is 3. The van der Waals surface area contributed by atoms with E-state index in [9.17, 15) is 0 Å². The second kappa shape index (κ2) is 11.6. The lowest BCUT2D eigenvalue weighted by Gasteiger charge is -2.30. The highest BCUT2D eigenvalue weighted by molar-refractivity contribution is 6.25. The van der Waals surface area contributed by atoms with Crippen LogP contribution in [0, 0.1) is 0 Å². The summed E-state index contributed by atoms with van der Waals surface area (Å²) in [6.07, 6.45) is 0. The summed E-state index contributed by atoms with van der Waals surface area (Å²) in [5, 5.41) is 4.97. The van der Waals surface area contributed by atoms with Crippen LogP contribution in [0.15, 0.2) is 188 Å². The summed E-state index contributed by atoms with van der Waals surface area (Å²) in [5.41, 5.74) is 10.7. The van der Waals surface area contributed by atoms with E-state index in [1.54, 1.807) is 0 Å². The van der Waals surface area contributed by atoms with E-state index in [2.05, 4.69) is 193 Å². The summed E-state index contributed by atoms with van der Waals surface area (Å²) in [4.78, 5) is 2.45. The zero-order valence-electron chi connectivity index (χ0n) is 24.8. The summed E-state index contributed by atoms with van der Waals surface area (Å²) < 4.78 is 0. The van der Waals surface area contributed by atoms with E-state index < -0.39 is 0 Å². The number of rotatable bonds is 6. The van der Waals surface area contributed by atoms with Crippen molar-refractivity contribution in [3.8, 4) is 33.4 Å². The van der Waals surface area contributed by atoms with Gasteiger partial charge in [0, 0.05) is 22.2 Å². The van der Waals surface area contributed by atoms with Crippen LogP contribution in [0.2, 0.25) is 0 Å². The molecule has 0 unspecified atom stereocenters. The first-order valence-corrected chi connectivity index (χ1v) is 15.5. The first-order valence-electron chi connectivity index (χ1n) is 15.5. The van der Waals surface area contributed by atoms with Crippen molar-refractivity contribution < 1.29 is 0 Å². The second-order valence-corrected chi connectivity index (χ2v) is 11.3. The summed E-state index contributed by atoms with van der Waals surface area (Å²) >= 11 is 0. The fourth-order valence-electron chi connectivity index (χ4n) is 6.72. The molecule has 8 rings (SSSR count). The summed E-state index contributed by atoms with van der Waals surface area (Å²) in [5.74, 6) is 0. The van der Waals surface area contributed by atoms with Crippen molar-refractivity contribution in [2.24, 2.45) is 0 Å². The van der Waals surface area contributed by atoms with Crippen molar-refractivity contribution in [3.05, 3.63) is 188 Å². The minimum Gasteiger partial charge on any atom is -0.309 e. The highest BCUT2D eigenvalue weighted by atomic mass is 15.1. The standard InChI is InChI=1S/C44H31N/c1-5-18-32(19-6-1)36-26-15-16-30-40(36)45(35-24-11-4-12-25-35)41-31-17-29-39-37-27-13-14-28-38(37)42(33-20-7-2-8-21-33)43(44(39)41)34-22-9-3-10-23-34/h1-31H. The molecule has 0 heterocycles. The molecular weight excluding hydrogens is 542 g/mol. The van der Waals surface area contributed by atoms with Crippen molar-refractivity contribution in [1.29, 1.82) is 0 Å². The topological polar surface area (TPSA) is 3.24 Å². The monoisotopic (exact) mass is 573 g/mol. The highest BCUT2D eigenvalue weighted by Gasteiger charge is 2.24. The molecule has 8 aromatic rings. The molecule has 0 amide bonds. The van der Waals surface area contributed by atoms with E-state index >= 15 is 0 Å². The molecule has 0 radical (unpaired) electrons. The van der Waals surface area contributed by atoms with Crippen LogP contribution >= 0.6 is 0 Å². The van der Waals surface area contributed by atoms with Crippen molar-refractivity contribution >= 4 is 38.6 Å². The van der Waals surface area contributed by atoms with Crippen LogP contribution in [0.4, 0.5) is 17.1 Å². The first-order chi connectivity index (χ1) is 22.4. The Morgan fingerprint density at radius 2 is 0.756 bits per heavy atom. The van der Waals surface area contributed by atoms with Crippen LogP contribution in [-0.4, -0.2) is 0 Å². The largest absolute Gasteiger partial charge is 0.309 e. The van der Waals surface area contributed by atoms with E-state index in [-0.39, 0.29) is 0 Å². The molecule has 212 valence electrons. The van der Waals surface area contributed by atoms with Crippen molar-refractivity contribution in [3.63, 3.8) is 0 Å². The van der Waals surface area contributed by atoms with Gasteiger partial charge in [0.05, 0.1) is 11.4 Å². The maximum Gasteiger partial charge on any atom is 0.0546 e. The Balaban J connectivity index is 1.56. The van der Waals surface area contributed by atoms with Gasteiger partial charge in [-0.3, -0.25) is 0 Å². The summed E-state index contributed by atoms with van der Waals surface area (Å²) in [6, 6.07) is 67.6. The van der Waals surface area contributed by atoms with E-state index in [4.69, 9.17) is 0 Å². The average Bonchev–Trinajstić information content (AvgIpc) is 3.13. The van der Waals surface area contributed by atoms with Crippen LogP contribution in [0.5, 0.6) is 0 Å². The van der Waals surface area contributed by atoms with Gasteiger partial charge >= 0.3 is 0 Å². The number of hydrogen-bond acceptors (Lipinski definition) is 1. The van der Waals surface area contributed by atoms with Gasteiger partial charge in [0.15, 0.2) is 0 Å². The molecule has 1 nitrogen and oxygen atoms in total. The Labute approximate surface area is 264 Å². The minimum absolute atomic E-state index is 1.11. The van der Waals surface area contributed by atoms with Gasteiger partial charge in [-0.25, -0.2) is 0 Å². The number of nitrogens with zero attached hydrogens (tertiary/aromatic N) is 1. The van der Waals surface area contributed by atoms with Gasteiger partial charge in [0.2, 0.25) is 0 Å². The predicted molar refractivity (Wildman–Crippen MR) is 192 cm³/mol. The van der Waals surface area contributed by atoms with Crippen LogP contribution in [-0.2, 0) is 0 Å². The van der Waals surface area contributed by atoms with Gasteiger partial charge < -0.3 is 4.90 Å². The van der Waals surface area contributed by atoms with Crippen molar-refractivity contribution in [2.75, 3.05) is 4.90 Å². The first kappa shape index (κ1) is 26.7. The molecule has 0 aliphatic heterocycles. The molecule has 45 heavy (non-hydrogen) atoms. The molecule has 0 N–H and O–H groups in total. The Morgan fingerprint density at radius 1 is 0.289 bits per heavy atom. The number of anilines is 3. The van der Waals surface area contributed by atoms with E-state index in [1.807, 2.05) is 0 Å². The Kier molecular flexibility index (Phi) is 6.90. The van der Waals surface area contributed by atoms with Gasteiger partial charge in [0.25, 0.3) is 0 Å². The Hall–Kier alpha value is -5.92. The number of benzene rings is 8. The highest BCUT2D eigenvalue weighted by Crippen LogP contribution is 2.50. The second-order valence-electron chi connectivity index (χ2n) is 11.3. The zero-order chi connectivity index (χ0) is 30.0. The minimum atomic E-state index is 1.11. The smallest absolute Gasteiger partial charge is 0.0546 e. The van der Waals surface area contributed by atoms with Crippen molar-refractivity contribution in [2.45, 2.75) is 0 Å². The normalized spacial score (nSPS) is 11.1. The van der Waals surface area contributed by atoms with Crippen molar-refractivity contribution in [1.82, 2.24) is 0 Å². The fourth-order valence-corrected chi connectivity index (χ4v) is 6.72. The number of para-hydroxylation sites is 2. The van der Waals surface area contributed by atoms with E-state index in [0.717, 1.165) is 17.1 Å². The Bertz CT molecular complexity index is 2240. The third-order valence-corrected chi connectivity index (χ3v) is 8.64. The number of hydrogen-bond donors (Lipinski definition) is 0. The lowest BCUT2D eigenvalue weighted by Crippen LogP contribution is -2.12. The third kappa shape index (κ3) is 4.76. The van der Waals surface area contributed by atoms with Gasteiger partial charge in [-0.2, -0.15) is 0 Å². The van der Waals surface area contributed by atoms with Gasteiger partial charge in [0.1, 0.15) is 0 Å². The molecule has 1 heteroatoms. The predicted octanol–water partition coefficient (Wildman–Crippen LogP) is 12.5. The van der Waals surface area contributed by atoms with Crippen LogP contribution in [0.3, 0.4) is 0 Å². The summed E-state index contributed by atoms with van der Waals surface area (Å²) in [6.45, 7) is 0. The molecule has 0 spiro atoms. The maximum absolute atomic E-state index is 2.45. The molecule has 0 saturated carbocycles. The molecule has 0 bridgehead atoms. The average molecular weight is 574 g/mol. The summed E-state index contributed by atoms with van der Waals surface area (Å²) in [7, 11) is 0. The van der Waals surface area contributed by atoms with Gasteiger partial charge in [-0.1, -0.05) is 164 Å². The molecule has 0 aromatic heterocycles. The SMILES string of the molecule is c1ccc(-c2ccccc2N(c2ccccc2)c2cccc3c2c(-c2ccccc2)c(-c2ccccc2)c2ccccc23)cc1. The van der Waals surface area contributed by atoms with Crippen LogP contribution in [0.25, 0.3) is 54.9 Å². The maximum atomic E-state index is 2.45. The van der Waals surface area contributed by atoms with Crippen LogP contribution in [0.1, 0.15) is 0 Å². The lowest BCUT2D eigenvalue weighted by molar-refractivity contribution is 1.30.